The molecule has 0 N–H and O–H groups in total. The Hall–Kier alpha value is -2.28. The van der Waals surface area contributed by atoms with E-state index < -0.39 is 12.1 Å². The van der Waals surface area contributed by atoms with Gasteiger partial charge in [-0.25, -0.2) is 9.78 Å². The first-order chi connectivity index (χ1) is 10.4. The largest absolute Gasteiger partial charge is 0.448 e. The molecule has 0 aromatic carbocycles. The smallest absolute Gasteiger partial charge is 0.351 e. The number of hydrogen-bond acceptors (Lipinski definition) is 6. The average Bonchev–Trinajstić information content (AvgIpc) is 2.89. The molecule has 0 unspecified atom stereocenters. The number of carbonyl (C=O) groups is 2. The van der Waals surface area contributed by atoms with Crippen LogP contribution < -0.4 is 0 Å². The lowest BCUT2D eigenvalue weighted by Crippen LogP contribution is -2.34. The van der Waals surface area contributed by atoms with Crippen LogP contribution in [0.3, 0.4) is 0 Å². The molecule has 116 valence electrons. The Morgan fingerprint density at radius 3 is 2.64 bits per heavy atom. The van der Waals surface area contributed by atoms with Crippen molar-refractivity contribution in [2.75, 3.05) is 14.1 Å². The lowest BCUT2D eigenvalue weighted by Gasteiger charge is -2.16. The molecule has 0 saturated heterocycles. The standard InChI is InChI=1S/C15H17N3O3S/c1-9-12(15(20)21-10(2)14(19)18(3)4)22-13(17-9)11-7-5-6-8-16-11/h5-8,10H,1-4H3/t10-/m1/s1. The van der Waals surface area contributed by atoms with Gasteiger partial charge in [0.25, 0.3) is 5.91 Å². The Morgan fingerprint density at radius 2 is 2.05 bits per heavy atom. The van der Waals surface area contributed by atoms with Crippen LogP contribution in [0.25, 0.3) is 10.7 Å². The molecule has 0 radical (unpaired) electrons. The minimum Gasteiger partial charge on any atom is -0.448 e. The Bertz CT molecular complexity index is 683. The fourth-order valence-corrected chi connectivity index (χ4v) is 2.74. The van der Waals surface area contributed by atoms with E-state index in [4.69, 9.17) is 4.74 Å². The quantitative estimate of drug-likeness (QED) is 0.807. The van der Waals surface area contributed by atoms with E-state index in [9.17, 15) is 9.59 Å². The highest BCUT2D eigenvalue weighted by molar-refractivity contribution is 7.17. The molecule has 2 rings (SSSR count). The van der Waals surface area contributed by atoms with Crippen molar-refractivity contribution in [3.63, 3.8) is 0 Å². The van der Waals surface area contributed by atoms with Gasteiger partial charge in [0.2, 0.25) is 0 Å². The summed E-state index contributed by atoms with van der Waals surface area (Å²) in [4.78, 5) is 34.3. The predicted molar refractivity (Wildman–Crippen MR) is 83.7 cm³/mol. The number of aromatic nitrogens is 2. The minimum absolute atomic E-state index is 0.263. The van der Waals surface area contributed by atoms with Gasteiger partial charge in [-0.1, -0.05) is 6.07 Å². The molecule has 0 aliphatic rings. The number of nitrogens with zero attached hydrogens (tertiary/aromatic N) is 3. The van der Waals surface area contributed by atoms with Crippen molar-refractivity contribution < 1.29 is 14.3 Å². The van der Waals surface area contributed by atoms with E-state index in [0.29, 0.717) is 21.3 Å². The van der Waals surface area contributed by atoms with Crippen molar-refractivity contribution in [1.82, 2.24) is 14.9 Å². The summed E-state index contributed by atoms with van der Waals surface area (Å²) in [5.41, 5.74) is 1.27. The van der Waals surface area contributed by atoms with Gasteiger partial charge in [0.05, 0.1) is 11.4 Å². The monoisotopic (exact) mass is 319 g/mol. The first kappa shape index (κ1) is 16.1. The Labute approximate surface area is 132 Å². The van der Waals surface area contributed by atoms with Gasteiger partial charge in [0.1, 0.15) is 9.88 Å². The van der Waals surface area contributed by atoms with Crippen molar-refractivity contribution in [3.05, 3.63) is 35.0 Å². The molecule has 0 saturated carbocycles. The molecule has 6 nitrogen and oxygen atoms in total. The van der Waals surface area contributed by atoms with Crippen LogP contribution in [0.5, 0.6) is 0 Å². The zero-order valence-corrected chi connectivity index (χ0v) is 13.7. The molecule has 1 atom stereocenters. The highest BCUT2D eigenvalue weighted by atomic mass is 32.1. The summed E-state index contributed by atoms with van der Waals surface area (Å²) < 4.78 is 5.21. The highest BCUT2D eigenvalue weighted by Gasteiger charge is 2.24. The maximum absolute atomic E-state index is 12.2. The van der Waals surface area contributed by atoms with Crippen molar-refractivity contribution in [2.45, 2.75) is 20.0 Å². The Balaban J connectivity index is 2.18. The van der Waals surface area contributed by atoms with E-state index in [1.54, 1.807) is 34.1 Å². The summed E-state index contributed by atoms with van der Waals surface area (Å²) in [7, 11) is 3.23. The van der Waals surface area contributed by atoms with Crippen molar-refractivity contribution in [3.8, 4) is 10.7 Å². The maximum Gasteiger partial charge on any atom is 0.351 e. The molecule has 1 amide bonds. The van der Waals surface area contributed by atoms with Crippen LogP contribution in [0.2, 0.25) is 0 Å². The molecule has 0 spiro atoms. The van der Waals surface area contributed by atoms with Crippen LogP contribution in [-0.4, -0.2) is 46.9 Å². The summed E-state index contributed by atoms with van der Waals surface area (Å²) in [5.74, 6) is -0.805. The van der Waals surface area contributed by atoms with Crippen LogP contribution in [0.1, 0.15) is 22.3 Å². The molecule has 7 heteroatoms. The number of amides is 1. The van der Waals surface area contributed by atoms with Gasteiger partial charge < -0.3 is 9.64 Å². The van der Waals surface area contributed by atoms with E-state index in [2.05, 4.69) is 9.97 Å². The van der Waals surface area contributed by atoms with Gasteiger partial charge >= 0.3 is 5.97 Å². The second kappa shape index (κ2) is 6.65. The number of thiazole rings is 1. The van der Waals surface area contributed by atoms with Gasteiger partial charge in [-0.3, -0.25) is 9.78 Å². The topological polar surface area (TPSA) is 72.4 Å². The second-order valence-corrected chi connectivity index (χ2v) is 5.93. The fourth-order valence-electron chi connectivity index (χ4n) is 1.81. The third kappa shape index (κ3) is 3.48. The molecule has 0 fully saturated rings. The van der Waals surface area contributed by atoms with E-state index in [1.165, 1.54) is 16.2 Å². The molecule has 0 aliphatic carbocycles. The lowest BCUT2D eigenvalue weighted by atomic mass is 10.3. The third-order valence-corrected chi connectivity index (χ3v) is 4.10. The molecule has 2 aromatic heterocycles. The first-order valence-electron chi connectivity index (χ1n) is 6.71. The SMILES string of the molecule is Cc1nc(-c2ccccn2)sc1C(=O)O[C@H](C)C(=O)N(C)C. The van der Waals surface area contributed by atoms with E-state index >= 15 is 0 Å². The van der Waals surface area contributed by atoms with Crippen LogP contribution in [0, 0.1) is 6.92 Å². The Morgan fingerprint density at radius 1 is 1.32 bits per heavy atom. The number of rotatable bonds is 4. The molecule has 2 heterocycles. The van der Waals surface area contributed by atoms with E-state index in [-0.39, 0.29) is 5.91 Å². The van der Waals surface area contributed by atoms with E-state index in [1.807, 2.05) is 18.2 Å². The highest BCUT2D eigenvalue weighted by Crippen LogP contribution is 2.27. The molecule has 0 bridgehead atoms. The average molecular weight is 319 g/mol. The number of aryl methyl sites for hydroxylation is 1. The van der Waals surface area contributed by atoms with Gasteiger partial charge in [-0.2, -0.15) is 0 Å². The van der Waals surface area contributed by atoms with Gasteiger partial charge in [-0.15, -0.1) is 11.3 Å². The van der Waals surface area contributed by atoms with Crippen molar-refractivity contribution >= 4 is 23.2 Å². The molecular weight excluding hydrogens is 302 g/mol. The number of hydrogen-bond donors (Lipinski definition) is 0. The summed E-state index contributed by atoms with van der Waals surface area (Å²) in [6.45, 7) is 3.29. The van der Waals surface area contributed by atoms with Gasteiger partial charge in [0.15, 0.2) is 6.10 Å². The summed E-state index contributed by atoms with van der Waals surface area (Å²) in [6.07, 6.45) is 0.837. The lowest BCUT2D eigenvalue weighted by molar-refractivity contribution is -0.137. The number of likely N-dealkylation sites (N-methyl/N-ethyl adjacent to an activating group) is 1. The number of esters is 1. The number of ether oxygens (including phenoxy) is 1. The second-order valence-electron chi connectivity index (χ2n) is 4.93. The van der Waals surface area contributed by atoms with Gasteiger partial charge in [-0.05, 0) is 26.0 Å². The number of pyridine rings is 1. The summed E-state index contributed by atoms with van der Waals surface area (Å²) >= 11 is 1.21. The zero-order valence-electron chi connectivity index (χ0n) is 12.9. The van der Waals surface area contributed by atoms with Crippen molar-refractivity contribution in [1.29, 1.82) is 0 Å². The van der Waals surface area contributed by atoms with Gasteiger partial charge in [0, 0.05) is 20.3 Å². The molecule has 22 heavy (non-hydrogen) atoms. The zero-order chi connectivity index (χ0) is 16.3. The normalized spacial score (nSPS) is 11.8. The van der Waals surface area contributed by atoms with Crippen LogP contribution in [0.4, 0.5) is 0 Å². The summed E-state index contributed by atoms with van der Waals surface area (Å²) in [5, 5.41) is 0.650. The summed E-state index contributed by atoms with van der Waals surface area (Å²) in [6, 6.07) is 5.49. The fraction of sp³-hybridized carbons (Fsp3) is 0.333. The van der Waals surface area contributed by atoms with E-state index in [0.717, 1.165) is 0 Å². The first-order valence-corrected chi connectivity index (χ1v) is 7.52. The molecule has 0 aliphatic heterocycles. The van der Waals surface area contributed by atoms with Crippen molar-refractivity contribution in [2.24, 2.45) is 0 Å². The molecular formula is C15H17N3O3S. The van der Waals surface area contributed by atoms with Crippen LogP contribution >= 0.6 is 11.3 Å². The predicted octanol–water partition coefficient (Wildman–Crippen LogP) is 2.15. The maximum atomic E-state index is 12.2. The minimum atomic E-state index is -0.831. The van der Waals surface area contributed by atoms with Crippen LogP contribution in [0.15, 0.2) is 24.4 Å². The Kier molecular flexibility index (Phi) is 4.87. The van der Waals surface area contributed by atoms with Crippen LogP contribution in [-0.2, 0) is 9.53 Å². The third-order valence-electron chi connectivity index (χ3n) is 2.94. The number of carbonyl (C=O) groups excluding carboxylic acids is 2. The molecule has 2 aromatic rings.